The van der Waals surface area contributed by atoms with E-state index in [9.17, 15) is 9.59 Å². The van der Waals surface area contributed by atoms with E-state index in [0.29, 0.717) is 11.1 Å². The average molecular weight is 637 g/mol. The maximum Gasteiger partial charge on any atom is 0.338 e. The highest BCUT2D eigenvalue weighted by atomic mass is 127. The third kappa shape index (κ3) is 5.47. The standard InChI is InChI=1S/C27H29N2O4S2.HI/c1-6-17(13-24-28(7-2)20-15-18(26(30)32-4)9-11-22(20)34-24)14-25-29(8-3)21-16-19(27(31)33-5)10-12-23(21)35-25;/h9-16H,6-8H2,1-5H3;1H/q+1;/p-1. The van der Waals surface area contributed by atoms with Crippen LogP contribution in [0.4, 0.5) is 5.69 Å². The van der Waals surface area contributed by atoms with Crippen LogP contribution in [0.15, 0.2) is 58.0 Å². The molecule has 0 saturated carbocycles. The Balaban J connectivity index is 0.00000361. The first-order chi connectivity index (χ1) is 16.9. The molecule has 0 radical (unpaired) electrons. The van der Waals surface area contributed by atoms with Crippen molar-refractivity contribution < 1.29 is 47.6 Å². The number of benzene rings is 2. The summed E-state index contributed by atoms with van der Waals surface area (Å²) in [6, 6.07) is 11.4. The summed E-state index contributed by atoms with van der Waals surface area (Å²) in [4.78, 5) is 27.4. The van der Waals surface area contributed by atoms with Gasteiger partial charge in [0.2, 0.25) is 5.52 Å². The van der Waals surface area contributed by atoms with Gasteiger partial charge in [-0.2, -0.15) is 4.57 Å². The zero-order valence-corrected chi connectivity index (χ0v) is 24.8. The van der Waals surface area contributed by atoms with Gasteiger partial charge in [0.05, 0.1) is 36.1 Å². The number of ether oxygens (including phenoxy) is 2. The summed E-state index contributed by atoms with van der Waals surface area (Å²) in [5.41, 5.74) is 4.37. The van der Waals surface area contributed by atoms with E-state index >= 15 is 0 Å². The molecule has 3 aromatic rings. The smallest absolute Gasteiger partial charge is 0.338 e. The molecule has 9 heteroatoms. The van der Waals surface area contributed by atoms with Gasteiger partial charge < -0.3 is 38.4 Å². The van der Waals surface area contributed by atoms with Gasteiger partial charge in [0.15, 0.2) is 0 Å². The van der Waals surface area contributed by atoms with Crippen molar-refractivity contribution in [2.24, 2.45) is 0 Å². The molecule has 2 heterocycles. The summed E-state index contributed by atoms with van der Waals surface area (Å²) >= 11 is 3.43. The lowest BCUT2D eigenvalue weighted by atomic mass is 10.1. The van der Waals surface area contributed by atoms with Crippen molar-refractivity contribution in [2.45, 2.75) is 38.6 Å². The molecule has 0 spiro atoms. The van der Waals surface area contributed by atoms with Crippen molar-refractivity contribution in [3.63, 3.8) is 0 Å². The number of aromatic nitrogens is 1. The van der Waals surface area contributed by atoms with E-state index in [1.54, 1.807) is 23.1 Å². The molecule has 6 nitrogen and oxygen atoms in total. The topological polar surface area (TPSA) is 59.7 Å². The molecule has 190 valence electrons. The van der Waals surface area contributed by atoms with Crippen LogP contribution < -0.4 is 33.4 Å². The van der Waals surface area contributed by atoms with Gasteiger partial charge in [-0.15, -0.1) is 0 Å². The summed E-state index contributed by atoms with van der Waals surface area (Å²) in [7, 11) is 2.80. The number of methoxy groups -OCH3 is 2. The summed E-state index contributed by atoms with van der Waals surface area (Å²) in [6.45, 7) is 7.96. The van der Waals surface area contributed by atoms with Crippen LogP contribution in [0.25, 0.3) is 16.3 Å². The Kier molecular flexibility index (Phi) is 9.59. The van der Waals surface area contributed by atoms with E-state index in [-0.39, 0.29) is 35.9 Å². The summed E-state index contributed by atoms with van der Waals surface area (Å²) in [5.74, 6) is -0.658. The van der Waals surface area contributed by atoms with Gasteiger partial charge >= 0.3 is 11.9 Å². The van der Waals surface area contributed by atoms with E-state index in [2.05, 4.69) is 42.4 Å². The Morgan fingerprint density at radius 3 is 2.28 bits per heavy atom. The van der Waals surface area contributed by atoms with Crippen molar-refractivity contribution in [3.05, 3.63) is 69.2 Å². The minimum absolute atomic E-state index is 0. The van der Waals surface area contributed by atoms with Crippen LogP contribution in [0.2, 0.25) is 0 Å². The normalized spacial score (nSPS) is 14.1. The molecule has 0 amide bonds. The minimum Gasteiger partial charge on any atom is -1.00 e. The molecule has 0 atom stereocenters. The molecular formula is C27H29IN2O4S2. The number of rotatable bonds is 7. The lowest BCUT2D eigenvalue weighted by molar-refractivity contribution is -0.665. The average Bonchev–Trinajstić information content (AvgIpc) is 3.42. The fraction of sp³-hybridized carbons (Fsp3) is 0.296. The van der Waals surface area contributed by atoms with E-state index < -0.39 is 0 Å². The van der Waals surface area contributed by atoms with Crippen LogP contribution in [0.1, 0.15) is 52.9 Å². The molecule has 36 heavy (non-hydrogen) atoms. The van der Waals surface area contributed by atoms with Crippen molar-refractivity contribution in [3.8, 4) is 0 Å². The number of hydrogen-bond acceptors (Lipinski definition) is 7. The van der Waals surface area contributed by atoms with Crippen molar-refractivity contribution in [1.29, 1.82) is 0 Å². The predicted molar refractivity (Wildman–Crippen MR) is 142 cm³/mol. The predicted octanol–water partition coefficient (Wildman–Crippen LogP) is 3.05. The zero-order chi connectivity index (χ0) is 25.1. The molecule has 0 N–H and O–H groups in total. The van der Waals surface area contributed by atoms with E-state index in [4.69, 9.17) is 9.47 Å². The number of carbonyl (C=O) groups excluding carboxylic acids is 2. The van der Waals surface area contributed by atoms with Gasteiger partial charge in [-0.05, 0) is 62.2 Å². The molecule has 0 bridgehead atoms. The SMILES string of the molecule is CCC(/C=C1\Sc2ccc(C(=O)OC)cc2N1CC)=C\c1sc2ccc(C(=O)OC)cc2[n+]1CC.[I-]. The molecule has 1 aromatic heterocycles. The zero-order valence-electron chi connectivity index (χ0n) is 21.0. The Labute approximate surface area is 237 Å². The number of thioether (sulfide) groups is 1. The number of thiazole rings is 1. The Morgan fingerprint density at radius 2 is 1.67 bits per heavy atom. The number of fused-ring (bicyclic) bond motifs is 2. The largest absolute Gasteiger partial charge is 1.00 e. The van der Waals surface area contributed by atoms with E-state index in [1.807, 2.05) is 36.4 Å². The second-order valence-corrected chi connectivity index (χ2v) is 10.1. The number of allylic oxidation sites excluding steroid dienone is 2. The monoisotopic (exact) mass is 636 g/mol. The molecule has 1 aliphatic heterocycles. The van der Waals surface area contributed by atoms with Crippen LogP contribution in [-0.2, 0) is 16.0 Å². The second-order valence-electron chi connectivity index (χ2n) is 7.93. The molecule has 1 aliphatic rings. The number of anilines is 1. The van der Waals surface area contributed by atoms with Gasteiger partial charge in [0, 0.05) is 23.6 Å². The number of halogens is 1. The van der Waals surface area contributed by atoms with E-state index in [0.717, 1.165) is 50.3 Å². The van der Waals surface area contributed by atoms with Crippen LogP contribution >= 0.6 is 23.1 Å². The first-order valence-corrected chi connectivity index (χ1v) is 13.2. The van der Waals surface area contributed by atoms with Gasteiger partial charge in [0.1, 0.15) is 11.2 Å². The lowest BCUT2D eigenvalue weighted by Gasteiger charge is -2.18. The maximum absolute atomic E-state index is 12.0. The third-order valence-electron chi connectivity index (χ3n) is 5.96. The molecule has 4 rings (SSSR count). The molecule has 2 aromatic carbocycles. The van der Waals surface area contributed by atoms with Crippen LogP contribution in [0.3, 0.4) is 0 Å². The maximum atomic E-state index is 12.0. The van der Waals surface area contributed by atoms with Crippen molar-refractivity contribution in [1.82, 2.24) is 0 Å². The van der Waals surface area contributed by atoms with Gasteiger partial charge in [-0.1, -0.05) is 30.0 Å². The Bertz CT molecular complexity index is 1360. The lowest BCUT2D eigenvalue weighted by Crippen LogP contribution is -3.00. The first-order valence-electron chi connectivity index (χ1n) is 11.6. The van der Waals surface area contributed by atoms with Crippen LogP contribution in [0.5, 0.6) is 0 Å². The number of esters is 2. The molecule has 0 aliphatic carbocycles. The number of carbonyl (C=O) groups is 2. The Morgan fingerprint density at radius 1 is 1.00 bits per heavy atom. The number of nitrogens with zero attached hydrogens (tertiary/aromatic N) is 2. The highest BCUT2D eigenvalue weighted by Crippen LogP contribution is 2.46. The minimum atomic E-state index is -0.329. The molecule has 0 unspecified atom stereocenters. The number of hydrogen-bond donors (Lipinski definition) is 0. The molecule has 0 fully saturated rings. The fourth-order valence-corrected chi connectivity index (χ4v) is 6.49. The molecular weight excluding hydrogens is 607 g/mol. The van der Waals surface area contributed by atoms with Gasteiger partial charge in [-0.25, -0.2) is 9.59 Å². The molecule has 0 saturated heterocycles. The second kappa shape index (κ2) is 12.2. The third-order valence-corrected chi connectivity index (χ3v) is 8.19. The fourth-order valence-electron chi connectivity index (χ4n) is 4.12. The summed E-state index contributed by atoms with van der Waals surface area (Å²) < 4.78 is 13.2. The highest BCUT2D eigenvalue weighted by Gasteiger charge is 2.26. The highest BCUT2D eigenvalue weighted by molar-refractivity contribution is 8.03. The van der Waals surface area contributed by atoms with E-state index in [1.165, 1.54) is 19.8 Å². The quantitative estimate of drug-likeness (QED) is 0.226. The summed E-state index contributed by atoms with van der Waals surface area (Å²) in [6.07, 6.45) is 5.34. The Hall–Kier alpha value is -2.37. The van der Waals surface area contributed by atoms with Gasteiger partial charge in [0.25, 0.3) is 5.01 Å². The van der Waals surface area contributed by atoms with Gasteiger partial charge in [-0.3, -0.25) is 0 Å². The first kappa shape index (κ1) is 28.2. The van der Waals surface area contributed by atoms with Crippen LogP contribution in [-0.4, -0.2) is 32.7 Å². The van der Waals surface area contributed by atoms with Crippen LogP contribution in [0, 0.1) is 0 Å². The number of aryl methyl sites for hydroxylation is 1. The van der Waals surface area contributed by atoms with Crippen molar-refractivity contribution in [2.75, 3.05) is 25.7 Å². The summed E-state index contributed by atoms with van der Waals surface area (Å²) in [5, 5.41) is 2.27. The van der Waals surface area contributed by atoms with Crippen molar-refractivity contribution >= 4 is 57.0 Å².